The monoisotopic (exact) mass is 303 g/mol. The normalized spacial score (nSPS) is 20.5. The van der Waals surface area contributed by atoms with Crippen LogP contribution in [0.2, 0.25) is 0 Å². The predicted molar refractivity (Wildman–Crippen MR) is 72.1 cm³/mol. The summed E-state index contributed by atoms with van der Waals surface area (Å²) in [6, 6.07) is -2.18. The summed E-state index contributed by atoms with van der Waals surface area (Å²) in [5.41, 5.74) is 0. The lowest BCUT2D eigenvalue weighted by molar-refractivity contribution is -0.145. The van der Waals surface area contributed by atoms with Crippen LogP contribution in [0.3, 0.4) is 0 Å². The Morgan fingerprint density at radius 3 is 2.67 bits per heavy atom. The van der Waals surface area contributed by atoms with Crippen LogP contribution in [0.1, 0.15) is 13.3 Å². The number of urea groups is 1. The van der Waals surface area contributed by atoms with E-state index in [4.69, 9.17) is 14.9 Å². The third-order valence-corrected chi connectivity index (χ3v) is 3.14. The minimum atomic E-state index is -1.46. The van der Waals surface area contributed by atoms with E-state index in [1.165, 1.54) is 0 Å². The van der Waals surface area contributed by atoms with Crippen LogP contribution in [0.4, 0.5) is 4.79 Å². The Hall–Kier alpha value is -1.87. The van der Waals surface area contributed by atoms with E-state index in [0.717, 1.165) is 13.1 Å². The van der Waals surface area contributed by atoms with Crippen molar-refractivity contribution in [3.8, 4) is 0 Å². The average Bonchev–Trinajstić information content (AvgIpc) is 2.44. The fraction of sp³-hybridized carbons (Fsp3) is 0.750. The number of hydrogen-bond acceptors (Lipinski definition) is 5. The molecule has 1 aliphatic rings. The SMILES string of the molecule is CCN1CCOC(CNC(=O)NC(CC(=O)O)C(=O)O)C1. The molecule has 0 saturated carbocycles. The van der Waals surface area contributed by atoms with Crippen LogP contribution in [0.15, 0.2) is 0 Å². The molecule has 1 fully saturated rings. The molecule has 9 heteroatoms. The summed E-state index contributed by atoms with van der Waals surface area (Å²) >= 11 is 0. The van der Waals surface area contributed by atoms with Crippen LogP contribution >= 0.6 is 0 Å². The minimum Gasteiger partial charge on any atom is -0.481 e. The van der Waals surface area contributed by atoms with E-state index in [1.807, 2.05) is 6.92 Å². The number of hydrogen-bond donors (Lipinski definition) is 4. The van der Waals surface area contributed by atoms with Crippen molar-refractivity contribution in [1.82, 2.24) is 15.5 Å². The summed E-state index contributed by atoms with van der Waals surface area (Å²) in [6.45, 7) is 5.28. The van der Waals surface area contributed by atoms with Gasteiger partial charge in [0.05, 0.1) is 19.1 Å². The van der Waals surface area contributed by atoms with Gasteiger partial charge in [0.25, 0.3) is 0 Å². The fourth-order valence-corrected chi connectivity index (χ4v) is 1.98. The minimum absolute atomic E-state index is 0.160. The van der Waals surface area contributed by atoms with Crippen LogP contribution in [-0.4, -0.2) is 78.0 Å². The summed E-state index contributed by atoms with van der Waals surface area (Å²) < 4.78 is 5.48. The lowest BCUT2D eigenvalue weighted by Crippen LogP contribution is -2.51. The molecular formula is C12H21N3O6. The Morgan fingerprint density at radius 1 is 1.38 bits per heavy atom. The van der Waals surface area contributed by atoms with Crippen LogP contribution in [-0.2, 0) is 14.3 Å². The number of carbonyl (C=O) groups excluding carboxylic acids is 1. The van der Waals surface area contributed by atoms with Gasteiger partial charge < -0.3 is 25.6 Å². The molecule has 0 radical (unpaired) electrons. The number of carbonyl (C=O) groups is 3. The largest absolute Gasteiger partial charge is 0.481 e. The second kappa shape index (κ2) is 8.42. The summed E-state index contributed by atoms with van der Waals surface area (Å²) in [5.74, 6) is -2.68. The quantitative estimate of drug-likeness (QED) is 0.471. The van der Waals surface area contributed by atoms with Crippen molar-refractivity contribution in [1.29, 1.82) is 0 Å². The highest BCUT2D eigenvalue weighted by atomic mass is 16.5. The summed E-state index contributed by atoms with van der Waals surface area (Å²) in [6.07, 6.45) is -0.834. The molecule has 9 nitrogen and oxygen atoms in total. The lowest BCUT2D eigenvalue weighted by Gasteiger charge is -2.32. The molecule has 21 heavy (non-hydrogen) atoms. The van der Waals surface area contributed by atoms with Crippen molar-refractivity contribution in [2.24, 2.45) is 0 Å². The van der Waals surface area contributed by atoms with Gasteiger partial charge in [-0.1, -0.05) is 6.92 Å². The highest BCUT2D eigenvalue weighted by Gasteiger charge is 2.24. The standard InChI is InChI=1S/C12H21N3O6/c1-2-15-3-4-21-8(7-15)6-13-12(20)14-9(11(18)19)5-10(16)17/h8-9H,2-7H2,1H3,(H,16,17)(H,18,19)(H2,13,14,20). The molecule has 2 atom stereocenters. The van der Waals surface area contributed by atoms with E-state index in [2.05, 4.69) is 15.5 Å². The number of nitrogens with one attached hydrogen (secondary N) is 2. The molecule has 0 aliphatic carbocycles. The smallest absolute Gasteiger partial charge is 0.326 e. The molecule has 2 unspecified atom stereocenters. The maximum absolute atomic E-state index is 11.6. The van der Waals surface area contributed by atoms with Crippen molar-refractivity contribution >= 4 is 18.0 Å². The molecule has 1 heterocycles. The van der Waals surface area contributed by atoms with Crippen LogP contribution < -0.4 is 10.6 Å². The number of rotatable bonds is 7. The number of likely N-dealkylation sites (N-methyl/N-ethyl adjacent to an activating group) is 1. The zero-order valence-corrected chi connectivity index (χ0v) is 11.9. The van der Waals surface area contributed by atoms with Crippen molar-refractivity contribution < 1.29 is 29.3 Å². The molecule has 120 valence electrons. The maximum Gasteiger partial charge on any atom is 0.326 e. The van der Waals surface area contributed by atoms with Gasteiger partial charge in [-0.15, -0.1) is 0 Å². The van der Waals surface area contributed by atoms with E-state index in [-0.39, 0.29) is 12.6 Å². The first-order chi connectivity index (χ1) is 9.92. The number of nitrogens with zero attached hydrogens (tertiary/aromatic N) is 1. The van der Waals surface area contributed by atoms with Gasteiger partial charge in [0.15, 0.2) is 0 Å². The van der Waals surface area contributed by atoms with Gasteiger partial charge in [0.2, 0.25) is 0 Å². The topological polar surface area (TPSA) is 128 Å². The number of carboxylic acid groups (broad SMARTS) is 2. The molecule has 4 N–H and O–H groups in total. The first-order valence-electron chi connectivity index (χ1n) is 6.75. The number of amides is 2. The van der Waals surface area contributed by atoms with E-state index >= 15 is 0 Å². The fourth-order valence-electron chi connectivity index (χ4n) is 1.98. The van der Waals surface area contributed by atoms with Crippen molar-refractivity contribution in [2.45, 2.75) is 25.5 Å². The Labute approximate surface area is 122 Å². The zero-order valence-electron chi connectivity index (χ0n) is 11.9. The lowest BCUT2D eigenvalue weighted by atomic mass is 10.2. The second-order valence-electron chi connectivity index (χ2n) is 4.73. The number of aliphatic carboxylic acids is 2. The second-order valence-corrected chi connectivity index (χ2v) is 4.73. The summed E-state index contributed by atoms with van der Waals surface area (Å²) in [7, 11) is 0. The molecule has 0 spiro atoms. The Kier molecular flexibility index (Phi) is 6.89. The van der Waals surface area contributed by atoms with Crippen molar-refractivity contribution in [3.05, 3.63) is 0 Å². The zero-order chi connectivity index (χ0) is 15.8. The third-order valence-electron chi connectivity index (χ3n) is 3.14. The number of morpholine rings is 1. The first-order valence-corrected chi connectivity index (χ1v) is 6.75. The van der Waals surface area contributed by atoms with Gasteiger partial charge >= 0.3 is 18.0 Å². The third kappa shape index (κ3) is 6.41. The van der Waals surface area contributed by atoms with Gasteiger partial charge in [-0.05, 0) is 6.54 Å². The Balaban J connectivity index is 2.35. The number of ether oxygens (including phenoxy) is 1. The van der Waals surface area contributed by atoms with Crippen LogP contribution in [0.25, 0.3) is 0 Å². The van der Waals surface area contributed by atoms with Gasteiger partial charge in [-0.3, -0.25) is 9.69 Å². The predicted octanol–water partition coefficient (Wildman–Crippen LogP) is -1.07. The van der Waals surface area contributed by atoms with Crippen LogP contribution in [0.5, 0.6) is 0 Å². The average molecular weight is 303 g/mol. The molecule has 0 aromatic rings. The van der Waals surface area contributed by atoms with Gasteiger partial charge in [0, 0.05) is 19.6 Å². The molecule has 0 aromatic heterocycles. The Morgan fingerprint density at radius 2 is 2.10 bits per heavy atom. The first kappa shape index (κ1) is 17.2. The summed E-state index contributed by atoms with van der Waals surface area (Å²) in [5, 5.41) is 22.0. The van der Waals surface area contributed by atoms with E-state index in [1.54, 1.807) is 0 Å². The van der Waals surface area contributed by atoms with Gasteiger partial charge in [-0.25, -0.2) is 9.59 Å². The van der Waals surface area contributed by atoms with Gasteiger partial charge in [-0.2, -0.15) is 0 Å². The molecule has 0 aromatic carbocycles. The number of carboxylic acids is 2. The van der Waals surface area contributed by atoms with Crippen molar-refractivity contribution in [3.63, 3.8) is 0 Å². The molecule has 2 amide bonds. The highest BCUT2D eigenvalue weighted by molar-refractivity contribution is 5.86. The molecule has 1 saturated heterocycles. The molecular weight excluding hydrogens is 282 g/mol. The maximum atomic E-state index is 11.6. The molecule has 1 rings (SSSR count). The van der Waals surface area contributed by atoms with Gasteiger partial charge in [0.1, 0.15) is 6.04 Å². The summed E-state index contributed by atoms with van der Waals surface area (Å²) in [4.78, 5) is 35.1. The van der Waals surface area contributed by atoms with E-state index in [9.17, 15) is 14.4 Å². The Bertz CT molecular complexity index is 389. The molecule has 1 aliphatic heterocycles. The van der Waals surface area contributed by atoms with E-state index < -0.39 is 30.4 Å². The molecule has 0 bridgehead atoms. The highest BCUT2D eigenvalue weighted by Crippen LogP contribution is 2.03. The van der Waals surface area contributed by atoms with E-state index in [0.29, 0.717) is 13.2 Å². The van der Waals surface area contributed by atoms with Crippen LogP contribution in [0, 0.1) is 0 Å². The van der Waals surface area contributed by atoms with Crippen molar-refractivity contribution in [2.75, 3.05) is 32.8 Å².